The molecule has 3 heterocycles. The summed E-state index contributed by atoms with van der Waals surface area (Å²) in [6, 6.07) is 25.6. The van der Waals surface area contributed by atoms with E-state index in [9.17, 15) is 0 Å². The van der Waals surface area contributed by atoms with Gasteiger partial charge in [0, 0.05) is 42.4 Å². The first-order valence-corrected chi connectivity index (χ1v) is 10.6. The fourth-order valence-electron chi connectivity index (χ4n) is 4.60. The zero-order valence-corrected chi connectivity index (χ0v) is 17.3. The topological polar surface area (TPSA) is 49.8 Å². The Kier molecular flexibility index (Phi) is 4.40. The summed E-state index contributed by atoms with van der Waals surface area (Å²) in [5, 5.41) is 13.9. The lowest BCUT2D eigenvalue weighted by Gasteiger charge is -2.15. The average Bonchev–Trinajstić information content (AvgIpc) is 3.40. The molecular weight excluding hydrogens is 392 g/mol. The Labute approximate surface area is 185 Å². The van der Waals surface area contributed by atoms with Crippen LogP contribution in [0.15, 0.2) is 110 Å². The molecule has 4 heteroatoms. The van der Waals surface area contributed by atoms with E-state index in [0.29, 0.717) is 0 Å². The third kappa shape index (κ3) is 2.93. The molecule has 0 bridgehead atoms. The maximum Gasteiger partial charge on any atom is 0.115 e. The largest absolute Gasteiger partial charge is 0.346 e. The van der Waals surface area contributed by atoms with Crippen LogP contribution in [0.1, 0.15) is 11.1 Å². The van der Waals surface area contributed by atoms with Crippen molar-refractivity contribution in [3.8, 4) is 0 Å². The Hall–Kier alpha value is -4.44. The Bertz CT molecular complexity index is 1490. The van der Waals surface area contributed by atoms with Gasteiger partial charge in [-0.05, 0) is 67.7 Å². The minimum atomic E-state index is 0.998. The van der Waals surface area contributed by atoms with Gasteiger partial charge in [-0.2, -0.15) is 0 Å². The van der Waals surface area contributed by atoms with Crippen molar-refractivity contribution in [3.63, 3.8) is 0 Å². The van der Waals surface area contributed by atoms with E-state index >= 15 is 0 Å². The second-order valence-corrected chi connectivity index (χ2v) is 7.68. The normalized spacial score (nSPS) is 12.7. The second-order valence-electron chi connectivity index (χ2n) is 7.68. The molecule has 0 spiro atoms. The minimum Gasteiger partial charge on any atom is -0.346 e. The lowest BCUT2D eigenvalue weighted by molar-refractivity contribution is 1.14. The maximum atomic E-state index is 4.25. The van der Waals surface area contributed by atoms with Gasteiger partial charge in [-0.25, -0.2) is 0 Å². The molecule has 1 aliphatic rings. The average molecular weight is 412 g/mol. The molecule has 0 amide bonds. The number of hydrogen-bond acceptors (Lipinski definition) is 4. The van der Waals surface area contributed by atoms with Crippen LogP contribution < -0.4 is 21.1 Å². The summed E-state index contributed by atoms with van der Waals surface area (Å²) >= 11 is 0. The molecule has 5 aromatic rings. The second kappa shape index (κ2) is 7.67. The molecule has 0 aliphatic carbocycles. The highest BCUT2D eigenvalue weighted by Crippen LogP contribution is 2.24. The molecule has 0 radical (unpaired) electrons. The first kappa shape index (κ1) is 18.3. The van der Waals surface area contributed by atoms with Gasteiger partial charge in [0.05, 0.1) is 0 Å². The molecular formula is C28H20N4. The zero-order chi connectivity index (χ0) is 21.3. The summed E-state index contributed by atoms with van der Waals surface area (Å²) in [4.78, 5) is 8.51. The number of benzene rings is 3. The predicted octanol–water partition coefficient (Wildman–Crippen LogP) is 3.76. The smallest absolute Gasteiger partial charge is 0.115 e. The molecule has 0 unspecified atom stereocenters. The van der Waals surface area contributed by atoms with Crippen LogP contribution in [0, 0.1) is 0 Å². The molecule has 32 heavy (non-hydrogen) atoms. The highest BCUT2D eigenvalue weighted by molar-refractivity contribution is 6.04. The lowest BCUT2D eigenvalue weighted by atomic mass is 9.90. The number of hydrogen-bond donors (Lipinski definition) is 2. The summed E-state index contributed by atoms with van der Waals surface area (Å²) in [6.07, 6.45) is 11.3. The summed E-state index contributed by atoms with van der Waals surface area (Å²) in [5.41, 5.74) is 3.42. The van der Waals surface area contributed by atoms with Crippen LogP contribution in [0.2, 0.25) is 0 Å². The molecule has 0 saturated heterocycles. The Morgan fingerprint density at radius 3 is 1.44 bits per heavy atom. The summed E-state index contributed by atoms with van der Waals surface area (Å²) in [5.74, 6) is 0.998. The van der Waals surface area contributed by atoms with E-state index in [2.05, 4.69) is 93.4 Å². The Morgan fingerprint density at radius 1 is 0.531 bits per heavy atom. The fourth-order valence-corrected chi connectivity index (χ4v) is 4.60. The van der Waals surface area contributed by atoms with Crippen molar-refractivity contribution in [2.75, 3.05) is 0 Å². The van der Waals surface area contributed by atoms with Crippen LogP contribution in [0.25, 0.3) is 32.9 Å². The monoisotopic (exact) mass is 412 g/mol. The number of rotatable bonds is 2. The van der Waals surface area contributed by atoms with E-state index in [0.717, 1.165) is 16.9 Å². The van der Waals surface area contributed by atoms with Gasteiger partial charge in [-0.1, -0.05) is 48.5 Å². The van der Waals surface area contributed by atoms with Gasteiger partial charge in [-0.15, -0.1) is 0 Å². The van der Waals surface area contributed by atoms with Crippen LogP contribution in [0.5, 0.6) is 0 Å². The molecule has 2 aromatic heterocycles. The van der Waals surface area contributed by atoms with Crippen molar-refractivity contribution in [2.45, 2.75) is 0 Å². The molecule has 152 valence electrons. The third-order valence-corrected chi connectivity index (χ3v) is 5.91. The molecule has 2 N–H and O–H groups in total. The zero-order valence-electron chi connectivity index (χ0n) is 17.3. The first-order valence-electron chi connectivity index (χ1n) is 10.6. The van der Waals surface area contributed by atoms with Gasteiger partial charge >= 0.3 is 0 Å². The van der Waals surface area contributed by atoms with E-state index in [1.165, 1.54) is 37.6 Å². The highest BCUT2D eigenvalue weighted by atomic mass is 15.1. The SMILES string of the molecule is C1=CNC(=c2c3ccccc3c(=C(c3ccncc3)c3ccncc3)c3ccccc23)N1. The van der Waals surface area contributed by atoms with E-state index in [1.807, 2.05) is 37.2 Å². The van der Waals surface area contributed by atoms with Crippen LogP contribution in [0.3, 0.4) is 0 Å². The van der Waals surface area contributed by atoms with Crippen molar-refractivity contribution in [1.82, 2.24) is 20.6 Å². The van der Waals surface area contributed by atoms with Crippen LogP contribution >= 0.6 is 0 Å². The van der Waals surface area contributed by atoms with E-state index < -0.39 is 0 Å². The predicted molar refractivity (Wildman–Crippen MR) is 130 cm³/mol. The summed E-state index contributed by atoms with van der Waals surface area (Å²) < 4.78 is 0. The van der Waals surface area contributed by atoms with Gasteiger partial charge in [-0.3, -0.25) is 9.97 Å². The minimum absolute atomic E-state index is 0.998. The molecule has 3 aromatic carbocycles. The van der Waals surface area contributed by atoms with Crippen molar-refractivity contribution in [2.24, 2.45) is 0 Å². The molecule has 6 rings (SSSR count). The number of aromatic nitrogens is 2. The van der Waals surface area contributed by atoms with E-state index in [4.69, 9.17) is 0 Å². The first-order chi connectivity index (χ1) is 15.9. The van der Waals surface area contributed by atoms with Crippen LogP contribution in [0.4, 0.5) is 0 Å². The van der Waals surface area contributed by atoms with E-state index in [-0.39, 0.29) is 0 Å². The molecule has 1 aliphatic heterocycles. The lowest BCUT2D eigenvalue weighted by Crippen LogP contribution is -2.25. The van der Waals surface area contributed by atoms with Gasteiger partial charge < -0.3 is 10.6 Å². The van der Waals surface area contributed by atoms with Crippen molar-refractivity contribution < 1.29 is 0 Å². The summed E-state index contributed by atoms with van der Waals surface area (Å²) in [6.45, 7) is 0. The van der Waals surface area contributed by atoms with Crippen molar-refractivity contribution in [3.05, 3.63) is 132 Å². The fraction of sp³-hybridized carbons (Fsp3) is 0. The van der Waals surface area contributed by atoms with Crippen molar-refractivity contribution in [1.29, 1.82) is 0 Å². The Balaban J connectivity index is 1.94. The number of nitrogens with zero attached hydrogens (tertiary/aromatic N) is 2. The summed E-state index contributed by atoms with van der Waals surface area (Å²) in [7, 11) is 0. The number of nitrogens with one attached hydrogen (secondary N) is 2. The molecule has 0 saturated carbocycles. The van der Waals surface area contributed by atoms with Gasteiger partial charge in [0.15, 0.2) is 0 Å². The van der Waals surface area contributed by atoms with Crippen LogP contribution in [-0.4, -0.2) is 9.97 Å². The maximum absolute atomic E-state index is 4.25. The molecule has 0 fully saturated rings. The van der Waals surface area contributed by atoms with Crippen molar-refractivity contribution >= 4 is 32.9 Å². The van der Waals surface area contributed by atoms with Gasteiger partial charge in [0.1, 0.15) is 5.82 Å². The molecule has 4 nitrogen and oxygen atoms in total. The number of fused-ring (bicyclic) bond motifs is 2. The van der Waals surface area contributed by atoms with Gasteiger partial charge in [0.2, 0.25) is 0 Å². The Morgan fingerprint density at radius 2 is 0.969 bits per heavy atom. The standard InChI is InChI=1S/C28H20N4/c1-3-7-23-21(5-1)26(22-6-2-4-8-24(22)27(23)28-31-17-18-32-28)25(19-9-13-29-14-10-19)20-11-15-30-16-12-20/h1-18,31-32H. The quantitative estimate of drug-likeness (QED) is 0.434. The third-order valence-electron chi connectivity index (χ3n) is 5.91. The number of pyridine rings is 2. The van der Waals surface area contributed by atoms with Gasteiger partial charge in [0.25, 0.3) is 0 Å². The highest BCUT2D eigenvalue weighted by Gasteiger charge is 2.15. The molecule has 0 atom stereocenters. The van der Waals surface area contributed by atoms with E-state index in [1.54, 1.807) is 0 Å². The van der Waals surface area contributed by atoms with Crippen LogP contribution in [-0.2, 0) is 0 Å².